The molecule has 3 atom stereocenters. The van der Waals surface area contributed by atoms with Crippen molar-refractivity contribution in [1.29, 1.82) is 0 Å². The molecule has 2 N–H and O–H groups in total. The van der Waals surface area contributed by atoms with Crippen LogP contribution < -0.4 is 10.7 Å². The fourth-order valence-electron chi connectivity index (χ4n) is 4.11. The molecule has 3 unspecified atom stereocenters. The minimum atomic E-state index is -4.30. The van der Waals surface area contributed by atoms with Gasteiger partial charge in [-0.2, -0.15) is 18.3 Å². The number of alkyl halides is 4. The first kappa shape index (κ1) is 25.2. The minimum Gasteiger partial charge on any atom is -0.359 e. The number of nitrogens with one attached hydrogen (secondary N) is 2. The molecule has 176 valence electrons. The largest absolute Gasteiger partial charge is 0.394 e. The van der Waals surface area contributed by atoms with E-state index < -0.39 is 17.5 Å². The Morgan fingerprint density at radius 2 is 1.88 bits per heavy atom. The van der Waals surface area contributed by atoms with Crippen molar-refractivity contribution in [2.45, 2.75) is 44.2 Å². The molecule has 8 heteroatoms. The van der Waals surface area contributed by atoms with E-state index >= 15 is 0 Å². The Hall–Kier alpha value is -2.44. The lowest BCUT2D eigenvalue weighted by Crippen LogP contribution is -2.10. The molecule has 0 saturated heterocycles. The van der Waals surface area contributed by atoms with Crippen molar-refractivity contribution >= 4 is 40.8 Å². The van der Waals surface area contributed by atoms with E-state index in [1.807, 2.05) is 51.1 Å². The molecule has 1 aliphatic rings. The molecule has 0 bridgehead atoms. The maximum atomic E-state index is 12.3. The average Bonchev–Trinajstić information content (AvgIpc) is 3.27. The van der Waals surface area contributed by atoms with Crippen LogP contribution in [0.5, 0.6) is 0 Å². The normalized spacial score (nSPS) is 22.3. The highest BCUT2D eigenvalue weighted by atomic mass is 35.5. The molecule has 0 amide bonds. The number of rotatable bonds is 8. The zero-order valence-electron chi connectivity index (χ0n) is 18.7. The van der Waals surface area contributed by atoms with Gasteiger partial charge >= 0.3 is 6.18 Å². The molecular weight excluding hydrogens is 470 g/mol. The summed E-state index contributed by atoms with van der Waals surface area (Å²) in [5, 5.41) is 7.62. The third-order valence-corrected chi connectivity index (χ3v) is 6.41. The van der Waals surface area contributed by atoms with Crippen LogP contribution in [0.3, 0.4) is 0 Å². The van der Waals surface area contributed by atoms with Gasteiger partial charge in [-0.15, -0.1) is 11.6 Å². The summed E-state index contributed by atoms with van der Waals surface area (Å²) in [5.74, 6) is 0.0659. The van der Waals surface area contributed by atoms with Gasteiger partial charge in [0.2, 0.25) is 0 Å². The highest BCUT2D eigenvalue weighted by Crippen LogP contribution is 2.64. The Bertz CT molecular complexity index is 1090. The fraction of sp³-hybridized carbons (Fsp3) is 0.320. The molecule has 0 heterocycles. The number of halogens is 5. The Morgan fingerprint density at radius 1 is 1.18 bits per heavy atom. The number of anilines is 1. The fourth-order valence-corrected chi connectivity index (χ4v) is 4.85. The number of hydrazone groups is 1. The van der Waals surface area contributed by atoms with Gasteiger partial charge in [0.1, 0.15) is 0 Å². The summed E-state index contributed by atoms with van der Waals surface area (Å²) in [7, 11) is 0. The van der Waals surface area contributed by atoms with Crippen LogP contribution in [-0.2, 0) is 0 Å². The molecule has 33 heavy (non-hydrogen) atoms. The van der Waals surface area contributed by atoms with Gasteiger partial charge in [-0.3, -0.25) is 5.43 Å². The number of hydrogen-bond donors (Lipinski definition) is 2. The van der Waals surface area contributed by atoms with Gasteiger partial charge in [-0.25, -0.2) is 0 Å². The first-order valence-electron chi connectivity index (χ1n) is 10.4. The van der Waals surface area contributed by atoms with E-state index in [1.165, 1.54) is 0 Å². The molecule has 0 aromatic heterocycles. The van der Waals surface area contributed by atoms with Crippen molar-refractivity contribution in [3.05, 3.63) is 82.5 Å². The van der Waals surface area contributed by atoms with Crippen LogP contribution in [0.1, 0.15) is 41.5 Å². The van der Waals surface area contributed by atoms with E-state index in [0.29, 0.717) is 10.7 Å². The van der Waals surface area contributed by atoms with E-state index in [9.17, 15) is 13.2 Å². The van der Waals surface area contributed by atoms with Gasteiger partial charge in [0.15, 0.2) is 0 Å². The second kappa shape index (κ2) is 9.43. The van der Waals surface area contributed by atoms with Gasteiger partial charge in [0.05, 0.1) is 17.0 Å². The molecule has 1 saturated carbocycles. The predicted molar refractivity (Wildman–Crippen MR) is 132 cm³/mol. The lowest BCUT2D eigenvalue weighted by molar-refractivity contribution is -0.120. The van der Waals surface area contributed by atoms with Gasteiger partial charge in [-0.1, -0.05) is 36.9 Å². The number of allylic oxidation sites excluding steroid dienone is 1. The summed E-state index contributed by atoms with van der Waals surface area (Å²) in [6.07, 6.45) is -4.63. The van der Waals surface area contributed by atoms with Gasteiger partial charge < -0.3 is 5.32 Å². The number of aryl methyl sites for hydroxylation is 2. The summed E-state index contributed by atoms with van der Waals surface area (Å²) in [6, 6.07) is 11.6. The van der Waals surface area contributed by atoms with E-state index in [0.717, 1.165) is 39.9 Å². The third kappa shape index (κ3) is 6.12. The van der Waals surface area contributed by atoms with Crippen molar-refractivity contribution in [1.82, 2.24) is 5.43 Å². The Morgan fingerprint density at radius 3 is 2.52 bits per heavy atom. The third-order valence-electron chi connectivity index (χ3n) is 5.72. The van der Waals surface area contributed by atoms with Crippen LogP contribution in [0, 0.1) is 19.8 Å². The van der Waals surface area contributed by atoms with Crippen LogP contribution in [0.15, 0.2) is 60.4 Å². The minimum absolute atomic E-state index is 0.00455. The second-order valence-electron chi connectivity index (χ2n) is 8.57. The van der Waals surface area contributed by atoms with Crippen molar-refractivity contribution in [2.24, 2.45) is 11.0 Å². The Balaban J connectivity index is 1.71. The summed E-state index contributed by atoms with van der Waals surface area (Å²) >= 11 is 13.1. The van der Waals surface area contributed by atoms with Gasteiger partial charge in [0, 0.05) is 40.0 Å². The maximum Gasteiger partial charge on any atom is 0.394 e. The lowest BCUT2D eigenvalue weighted by atomic mass is 10.0. The molecule has 3 nitrogen and oxygen atoms in total. The maximum absolute atomic E-state index is 12.3. The van der Waals surface area contributed by atoms with Crippen molar-refractivity contribution in [2.75, 3.05) is 5.32 Å². The average molecular weight is 496 g/mol. The van der Waals surface area contributed by atoms with Gasteiger partial charge in [-0.05, 0) is 61.7 Å². The molecule has 0 aliphatic heterocycles. The van der Waals surface area contributed by atoms with E-state index in [2.05, 4.69) is 35.1 Å². The zero-order valence-corrected chi connectivity index (χ0v) is 20.2. The summed E-state index contributed by atoms with van der Waals surface area (Å²) < 4.78 is 36.8. The summed E-state index contributed by atoms with van der Waals surface area (Å²) in [4.78, 5) is -0.493. The van der Waals surface area contributed by atoms with Crippen LogP contribution >= 0.6 is 23.2 Å². The molecule has 3 rings (SSSR count). The molecule has 2 aromatic carbocycles. The predicted octanol–water partition coefficient (Wildman–Crippen LogP) is 7.79. The molecule has 1 fully saturated rings. The smallest absolute Gasteiger partial charge is 0.359 e. The lowest BCUT2D eigenvalue weighted by Gasteiger charge is -2.14. The van der Waals surface area contributed by atoms with Crippen molar-refractivity contribution in [3.8, 4) is 0 Å². The molecule has 0 radical (unpaired) electrons. The highest BCUT2D eigenvalue weighted by Gasteiger charge is 2.62. The zero-order chi connectivity index (χ0) is 24.6. The Kier molecular flexibility index (Phi) is 7.20. The highest BCUT2D eigenvalue weighted by molar-refractivity contribution is 6.31. The standard InChI is InChI=1S/C25H26Cl2F3N3/c1-14-10-18(12-19(26)11-14)23-22(24(23,5)27)17(4)32-20-7-6-15(2)21(13-20)16(3)33-31-9-8-25(28,29)30/h6-7,9-13,22-23,32-33H,3-4,8H2,1-2,5H3/b31-9+. The summed E-state index contributed by atoms with van der Waals surface area (Å²) in [6.45, 7) is 14.0. The molecular formula is C25H26Cl2F3N3. The first-order valence-corrected chi connectivity index (χ1v) is 11.1. The van der Waals surface area contributed by atoms with Crippen LogP contribution in [0.4, 0.5) is 18.9 Å². The number of nitrogens with zero attached hydrogens (tertiary/aromatic N) is 1. The first-order chi connectivity index (χ1) is 15.3. The SMILES string of the molecule is C=C(N/N=C/CC(F)(F)F)c1cc(NC(=C)C2C(c3cc(C)cc(Cl)c3)C2(C)Cl)ccc1C. The number of benzene rings is 2. The summed E-state index contributed by atoms with van der Waals surface area (Å²) in [5.41, 5.74) is 8.27. The molecule has 2 aromatic rings. The van der Waals surface area contributed by atoms with Crippen LogP contribution in [0.2, 0.25) is 5.02 Å². The van der Waals surface area contributed by atoms with Crippen LogP contribution in [-0.4, -0.2) is 17.3 Å². The van der Waals surface area contributed by atoms with E-state index in [4.69, 9.17) is 23.2 Å². The topological polar surface area (TPSA) is 36.4 Å². The molecule has 1 aliphatic carbocycles. The Labute approximate surface area is 202 Å². The van der Waals surface area contributed by atoms with Crippen LogP contribution in [0.25, 0.3) is 5.70 Å². The monoisotopic (exact) mass is 495 g/mol. The van der Waals surface area contributed by atoms with Crippen molar-refractivity contribution in [3.63, 3.8) is 0 Å². The van der Waals surface area contributed by atoms with E-state index in [1.54, 1.807) is 0 Å². The number of hydrogen-bond acceptors (Lipinski definition) is 3. The second-order valence-corrected chi connectivity index (χ2v) is 9.82. The van der Waals surface area contributed by atoms with Crippen molar-refractivity contribution < 1.29 is 13.2 Å². The van der Waals surface area contributed by atoms with Gasteiger partial charge in [0.25, 0.3) is 0 Å². The quantitative estimate of drug-likeness (QED) is 0.222. The molecule has 0 spiro atoms. The van der Waals surface area contributed by atoms with E-state index in [-0.39, 0.29) is 11.8 Å².